The summed E-state index contributed by atoms with van der Waals surface area (Å²) in [5.41, 5.74) is 5.90. The fourth-order valence-corrected chi connectivity index (χ4v) is 3.60. The molecule has 0 aromatic heterocycles. The van der Waals surface area contributed by atoms with Crippen LogP contribution < -0.4 is 20.5 Å². The fraction of sp³-hybridized carbons (Fsp3) is 0.150. The maximum atomic E-state index is 11.9. The average molecular weight is 560 g/mol. The summed E-state index contributed by atoms with van der Waals surface area (Å²) in [4.78, 5) is 22.7. The summed E-state index contributed by atoms with van der Waals surface area (Å²) in [6.07, 6.45) is 1.32. The number of benzene rings is 2. The van der Waals surface area contributed by atoms with Gasteiger partial charge in [-0.05, 0) is 65.4 Å². The van der Waals surface area contributed by atoms with E-state index in [1.54, 1.807) is 36.4 Å². The van der Waals surface area contributed by atoms with Crippen LogP contribution in [0.1, 0.15) is 18.1 Å². The molecule has 0 radical (unpaired) electrons. The van der Waals surface area contributed by atoms with Crippen LogP contribution in [0.3, 0.4) is 0 Å². The Kier molecular flexibility index (Phi) is 8.77. The molecule has 0 aliphatic carbocycles. The fourth-order valence-electron chi connectivity index (χ4n) is 2.36. The number of carbonyl (C=O) groups is 2. The van der Waals surface area contributed by atoms with E-state index in [4.69, 9.17) is 38.4 Å². The van der Waals surface area contributed by atoms with E-state index in [0.717, 1.165) is 5.56 Å². The number of primary amides is 1. The Bertz CT molecular complexity index is 1050. The lowest BCUT2D eigenvalue weighted by Crippen LogP contribution is -2.35. The maximum absolute atomic E-state index is 11.9. The first-order valence-corrected chi connectivity index (χ1v) is 10.3. The van der Waals surface area contributed by atoms with Gasteiger partial charge in [0.15, 0.2) is 11.5 Å². The molecule has 156 valence electrons. The van der Waals surface area contributed by atoms with Crippen molar-refractivity contribution >= 4 is 63.8 Å². The van der Waals surface area contributed by atoms with Crippen molar-refractivity contribution in [3.8, 4) is 17.6 Å². The molecule has 0 bridgehead atoms. The zero-order valence-electron chi connectivity index (χ0n) is 15.7. The van der Waals surface area contributed by atoms with Crippen molar-refractivity contribution in [1.29, 1.82) is 5.26 Å². The highest BCUT2D eigenvalue weighted by atomic mass is 127. The minimum Gasteiger partial charge on any atom is -0.490 e. The number of urea groups is 1. The number of rotatable bonds is 7. The first kappa shape index (κ1) is 23.8. The molecule has 3 amide bonds. The van der Waals surface area contributed by atoms with Crippen molar-refractivity contribution in [1.82, 2.24) is 5.32 Å². The molecule has 2 aromatic carbocycles. The van der Waals surface area contributed by atoms with Gasteiger partial charge in [0.2, 0.25) is 0 Å². The summed E-state index contributed by atoms with van der Waals surface area (Å²) in [6.45, 7) is 2.37. The number of imide groups is 1. The molecule has 0 fully saturated rings. The van der Waals surface area contributed by atoms with Crippen molar-refractivity contribution in [2.45, 2.75) is 13.5 Å². The monoisotopic (exact) mass is 559 g/mol. The van der Waals surface area contributed by atoms with E-state index in [1.165, 1.54) is 6.08 Å². The number of carbonyl (C=O) groups excluding carboxylic acids is 2. The third kappa shape index (κ3) is 6.52. The Morgan fingerprint density at radius 1 is 1.27 bits per heavy atom. The van der Waals surface area contributed by atoms with Crippen molar-refractivity contribution in [2.75, 3.05) is 6.61 Å². The number of ether oxygens (including phenoxy) is 2. The second kappa shape index (κ2) is 11.1. The summed E-state index contributed by atoms with van der Waals surface area (Å²) < 4.78 is 12.3. The Labute approximate surface area is 196 Å². The highest BCUT2D eigenvalue weighted by molar-refractivity contribution is 14.1. The van der Waals surface area contributed by atoms with Gasteiger partial charge >= 0.3 is 6.03 Å². The molecule has 0 aliphatic heterocycles. The topological polar surface area (TPSA) is 114 Å². The summed E-state index contributed by atoms with van der Waals surface area (Å²) in [5.74, 6) is 0.0183. The van der Waals surface area contributed by atoms with E-state index in [2.05, 4.69) is 22.6 Å². The lowest BCUT2D eigenvalue weighted by atomic mass is 10.1. The normalized spacial score (nSPS) is 10.8. The Balaban J connectivity index is 2.35. The van der Waals surface area contributed by atoms with Crippen LogP contribution in [0.4, 0.5) is 4.79 Å². The molecule has 0 unspecified atom stereocenters. The van der Waals surface area contributed by atoms with E-state index in [0.29, 0.717) is 37.3 Å². The molecular formula is C20H16Cl2IN3O4. The van der Waals surface area contributed by atoms with Gasteiger partial charge in [-0.25, -0.2) is 4.79 Å². The number of nitrogens with one attached hydrogen (secondary N) is 1. The number of nitrogens with two attached hydrogens (primary N) is 1. The van der Waals surface area contributed by atoms with Crippen LogP contribution in [0.25, 0.3) is 6.08 Å². The summed E-state index contributed by atoms with van der Waals surface area (Å²) in [7, 11) is 0. The molecule has 0 atom stereocenters. The molecule has 2 rings (SSSR count). The van der Waals surface area contributed by atoms with E-state index in [-0.39, 0.29) is 12.2 Å². The minimum atomic E-state index is -1.05. The third-order valence-electron chi connectivity index (χ3n) is 3.63. The molecule has 3 N–H and O–H groups in total. The second-order valence-corrected chi connectivity index (χ2v) is 7.78. The minimum absolute atomic E-state index is 0.186. The van der Waals surface area contributed by atoms with E-state index in [9.17, 15) is 14.9 Å². The predicted octanol–water partition coefficient (Wildman–Crippen LogP) is 4.68. The van der Waals surface area contributed by atoms with E-state index in [1.807, 2.05) is 12.2 Å². The molecule has 30 heavy (non-hydrogen) atoms. The van der Waals surface area contributed by atoms with E-state index >= 15 is 0 Å². The standard InChI is InChI=1S/C20H16Cl2IN3O4/c1-2-29-17-7-11(5-13(9-24)19(27)26-20(25)28)6-16(23)18(17)30-10-12-3-4-14(21)8-15(12)22/h3-8H,2,10H2,1H3,(H3,25,26,27,28)/b13-5-. The van der Waals surface area contributed by atoms with Crippen LogP contribution in [0, 0.1) is 14.9 Å². The molecule has 7 nitrogen and oxygen atoms in total. The SMILES string of the molecule is CCOc1cc(/C=C(/C#N)C(=O)NC(N)=O)cc(I)c1OCc1ccc(Cl)cc1Cl. The number of amides is 3. The first-order valence-electron chi connectivity index (χ1n) is 8.50. The zero-order chi connectivity index (χ0) is 22.3. The van der Waals surface area contributed by atoms with Gasteiger partial charge in [-0.3, -0.25) is 10.1 Å². The summed E-state index contributed by atoms with van der Waals surface area (Å²) in [6, 6.07) is 9.14. The van der Waals surface area contributed by atoms with Gasteiger partial charge in [0, 0.05) is 15.6 Å². The molecule has 10 heteroatoms. The molecular weight excluding hydrogens is 544 g/mol. The van der Waals surface area contributed by atoms with Crippen LogP contribution in [0.15, 0.2) is 35.9 Å². The van der Waals surface area contributed by atoms with Crippen molar-refractivity contribution in [3.63, 3.8) is 0 Å². The number of hydrogen-bond acceptors (Lipinski definition) is 5. The largest absolute Gasteiger partial charge is 0.490 e. The van der Waals surface area contributed by atoms with Gasteiger partial charge in [0.25, 0.3) is 5.91 Å². The Morgan fingerprint density at radius 3 is 2.60 bits per heavy atom. The van der Waals surface area contributed by atoms with Gasteiger partial charge in [-0.15, -0.1) is 0 Å². The maximum Gasteiger partial charge on any atom is 0.319 e. The van der Waals surface area contributed by atoms with Crippen LogP contribution in [0.2, 0.25) is 10.0 Å². The molecule has 0 aliphatic rings. The van der Waals surface area contributed by atoms with Crippen LogP contribution in [-0.4, -0.2) is 18.5 Å². The van der Waals surface area contributed by atoms with Crippen molar-refractivity contribution < 1.29 is 19.1 Å². The lowest BCUT2D eigenvalue weighted by Gasteiger charge is -2.15. The number of halogens is 3. The van der Waals surface area contributed by atoms with Crippen LogP contribution in [0.5, 0.6) is 11.5 Å². The Hall–Kier alpha value is -2.48. The number of hydrogen-bond donors (Lipinski definition) is 2. The molecule has 0 saturated heterocycles. The molecule has 0 spiro atoms. The third-order valence-corrected chi connectivity index (χ3v) is 5.02. The lowest BCUT2D eigenvalue weighted by molar-refractivity contribution is -0.115. The molecule has 0 heterocycles. The second-order valence-electron chi connectivity index (χ2n) is 5.78. The smallest absolute Gasteiger partial charge is 0.319 e. The summed E-state index contributed by atoms with van der Waals surface area (Å²) in [5, 5.41) is 12.1. The van der Waals surface area contributed by atoms with E-state index < -0.39 is 11.9 Å². The Morgan fingerprint density at radius 2 is 2.00 bits per heavy atom. The van der Waals surface area contributed by atoms with Gasteiger partial charge in [0.1, 0.15) is 18.2 Å². The zero-order valence-corrected chi connectivity index (χ0v) is 19.3. The van der Waals surface area contributed by atoms with Crippen LogP contribution in [-0.2, 0) is 11.4 Å². The van der Waals surface area contributed by atoms with Crippen molar-refractivity contribution in [3.05, 3.63) is 60.6 Å². The quantitative estimate of drug-likeness (QED) is 0.290. The van der Waals surface area contributed by atoms with Gasteiger partial charge in [-0.1, -0.05) is 29.3 Å². The number of nitrogens with zero attached hydrogens (tertiary/aromatic N) is 1. The highest BCUT2D eigenvalue weighted by Gasteiger charge is 2.15. The molecule has 2 aromatic rings. The van der Waals surface area contributed by atoms with Gasteiger partial charge in [0.05, 0.1) is 10.2 Å². The van der Waals surface area contributed by atoms with Gasteiger partial charge < -0.3 is 15.2 Å². The molecule has 0 saturated carbocycles. The van der Waals surface area contributed by atoms with Crippen molar-refractivity contribution in [2.24, 2.45) is 5.73 Å². The first-order chi connectivity index (χ1) is 14.2. The highest BCUT2D eigenvalue weighted by Crippen LogP contribution is 2.36. The van der Waals surface area contributed by atoms with Crippen LogP contribution >= 0.6 is 45.8 Å². The average Bonchev–Trinajstić information content (AvgIpc) is 2.66. The predicted molar refractivity (Wildman–Crippen MR) is 122 cm³/mol. The summed E-state index contributed by atoms with van der Waals surface area (Å²) >= 11 is 14.2. The van der Waals surface area contributed by atoms with Gasteiger partial charge in [-0.2, -0.15) is 5.26 Å². The number of nitriles is 1.